The fraction of sp³-hybridized carbons (Fsp3) is 0.273. The SMILES string of the molecule is [2H][C@@]1(c2ccc3c(c2)OCO3)c2[nH]c3ccccc3c2C[C@]2([2H])C(=O)N(C)CC(=O)N12. The second-order valence-electron chi connectivity index (χ2n) is 7.45. The van der Waals surface area contributed by atoms with E-state index in [1.54, 1.807) is 18.2 Å². The Morgan fingerprint density at radius 1 is 1.14 bits per heavy atom. The second kappa shape index (κ2) is 5.76. The molecular weight excluding hydrogens is 370 g/mol. The van der Waals surface area contributed by atoms with Gasteiger partial charge in [0.15, 0.2) is 11.5 Å². The van der Waals surface area contributed by atoms with Crippen molar-refractivity contribution in [1.29, 1.82) is 0 Å². The molecule has 4 heterocycles. The third kappa shape index (κ3) is 2.24. The molecule has 3 aliphatic rings. The number of H-pyrrole nitrogens is 1. The van der Waals surface area contributed by atoms with Crippen LogP contribution < -0.4 is 9.47 Å². The normalized spacial score (nSPS) is 28.9. The summed E-state index contributed by atoms with van der Waals surface area (Å²) in [6, 6.07) is 8.85. The number of carbonyl (C=O) groups is 2. The molecule has 0 spiro atoms. The van der Waals surface area contributed by atoms with E-state index >= 15 is 0 Å². The van der Waals surface area contributed by atoms with Crippen LogP contribution >= 0.6 is 0 Å². The van der Waals surface area contributed by atoms with Crippen LogP contribution in [0.2, 0.25) is 0 Å². The van der Waals surface area contributed by atoms with Gasteiger partial charge in [0.2, 0.25) is 18.6 Å². The summed E-state index contributed by atoms with van der Waals surface area (Å²) in [5, 5.41) is 0.842. The maximum absolute atomic E-state index is 13.3. The van der Waals surface area contributed by atoms with E-state index in [1.165, 1.54) is 11.9 Å². The number of fused-ring (bicyclic) bond motifs is 5. The Morgan fingerprint density at radius 2 is 1.97 bits per heavy atom. The number of ether oxygens (including phenoxy) is 2. The lowest BCUT2D eigenvalue weighted by atomic mass is 9.86. The van der Waals surface area contributed by atoms with Crippen LogP contribution in [0.25, 0.3) is 10.9 Å². The van der Waals surface area contributed by atoms with Crippen molar-refractivity contribution < 1.29 is 21.8 Å². The monoisotopic (exact) mass is 391 g/mol. The molecule has 0 unspecified atom stereocenters. The van der Waals surface area contributed by atoms with Crippen molar-refractivity contribution >= 4 is 22.7 Å². The van der Waals surface area contributed by atoms with Crippen LogP contribution in [0, 0.1) is 0 Å². The van der Waals surface area contributed by atoms with Gasteiger partial charge < -0.3 is 24.3 Å². The summed E-state index contributed by atoms with van der Waals surface area (Å²) in [4.78, 5) is 32.2. The molecule has 2 amide bonds. The van der Waals surface area contributed by atoms with Crippen LogP contribution in [0.15, 0.2) is 42.5 Å². The first-order chi connectivity index (χ1) is 14.8. The van der Waals surface area contributed by atoms with Crippen LogP contribution in [0.1, 0.15) is 25.6 Å². The van der Waals surface area contributed by atoms with Crippen molar-refractivity contribution in [3.8, 4) is 11.5 Å². The minimum absolute atomic E-state index is 0.00639. The number of para-hydroxylation sites is 1. The molecule has 0 radical (unpaired) electrons. The van der Waals surface area contributed by atoms with E-state index in [0.717, 1.165) is 15.8 Å². The molecule has 3 aliphatic heterocycles. The van der Waals surface area contributed by atoms with E-state index < -0.39 is 23.9 Å². The minimum Gasteiger partial charge on any atom is -0.454 e. The molecule has 1 aromatic heterocycles. The zero-order valence-electron chi connectivity index (χ0n) is 17.7. The summed E-state index contributed by atoms with van der Waals surface area (Å²) in [5.74, 6) is 0.0725. The highest BCUT2D eigenvalue weighted by atomic mass is 16.7. The predicted octanol–water partition coefficient (Wildman–Crippen LogP) is 2.21. The highest BCUT2D eigenvalue weighted by Gasteiger charge is 2.47. The average Bonchev–Trinajstić information content (AvgIpc) is 3.36. The Kier molecular flexibility index (Phi) is 2.88. The predicted molar refractivity (Wildman–Crippen MR) is 105 cm³/mol. The molecule has 2 atom stereocenters. The van der Waals surface area contributed by atoms with Crippen molar-refractivity contribution in [2.45, 2.75) is 18.5 Å². The summed E-state index contributed by atoms with van der Waals surface area (Å²) in [6.07, 6.45) is 0.00639. The number of nitrogens with zero attached hydrogens (tertiary/aromatic N) is 2. The molecule has 1 fully saturated rings. The number of hydrogen-bond acceptors (Lipinski definition) is 4. The van der Waals surface area contributed by atoms with Gasteiger partial charge in [-0.05, 0) is 29.3 Å². The van der Waals surface area contributed by atoms with E-state index in [0.29, 0.717) is 28.3 Å². The number of aromatic nitrogens is 1. The molecule has 146 valence electrons. The van der Waals surface area contributed by atoms with Gasteiger partial charge >= 0.3 is 0 Å². The highest BCUT2D eigenvalue weighted by molar-refractivity contribution is 5.97. The van der Waals surface area contributed by atoms with Crippen LogP contribution in [-0.4, -0.2) is 53.0 Å². The summed E-state index contributed by atoms with van der Waals surface area (Å²) >= 11 is 0. The number of likely N-dealkylation sites (N-methyl/N-ethyl adjacent to an activating group) is 1. The lowest BCUT2D eigenvalue weighted by Crippen LogP contribution is -2.62. The van der Waals surface area contributed by atoms with Gasteiger partial charge in [-0.3, -0.25) is 9.59 Å². The Morgan fingerprint density at radius 3 is 2.86 bits per heavy atom. The Hall–Kier alpha value is -3.48. The molecule has 0 aliphatic carbocycles. The fourth-order valence-electron chi connectivity index (χ4n) is 4.41. The van der Waals surface area contributed by atoms with Crippen molar-refractivity contribution in [3.63, 3.8) is 0 Å². The van der Waals surface area contributed by atoms with Crippen molar-refractivity contribution in [1.82, 2.24) is 14.8 Å². The number of aromatic amines is 1. The molecule has 7 nitrogen and oxygen atoms in total. The molecule has 2 aromatic carbocycles. The van der Waals surface area contributed by atoms with Gasteiger partial charge in [0.05, 0.1) is 15.3 Å². The molecule has 29 heavy (non-hydrogen) atoms. The Bertz CT molecular complexity index is 1290. The molecule has 3 aromatic rings. The van der Waals surface area contributed by atoms with Gasteiger partial charge in [-0.25, -0.2) is 0 Å². The largest absolute Gasteiger partial charge is 0.454 e. The first kappa shape index (κ1) is 14.5. The Labute approximate surface area is 169 Å². The highest BCUT2D eigenvalue weighted by Crippen LogP contribution is 2.44. The molecule has 1 N–H and O–H groups in total. The summed E-state index contributed by atoms with van der Waals surface area (Å²) in [6.45, 7) is -0.101. The number of hydrogen-bond donors (Lipinski definition) is 1. The average molecular weight is 391 g/mol. The third-order valence-electron chi connectivity index (χ3n) is 5.75. The smallest absolute Gasteiger partial charge is 0.245 e. The van der Waals surface area contributed by atoms with Crippen molar-refractivity contribution in [2.75, 3.05) is 20.4 Å². The second-order valence-corrected chi connectivity index (χ2v) is 7.45. The van der Waals surface area contributed by atoms with E-state index in [1.807, 2.05) is 24.3 Å². The maximum Gasteiger partial charge on any atom is 0.245 e. The van der Waals surface area contributed by atoms with Crippen LogP contribution in [0.4, 0.5) is 0 Å². The molecule has 0 saturated carbocycles. The van der Waals surface area contributed by atoms with E-state index in [9.17, 15) is 12.3 Å². The number of amides is 2. The minimum atomic E-state index is -1.93. The van der Waals surface area contributed by atoms with E-state index in [-0.39, 0.29) is 19.8 Å². The number of nitrogens with one attached hydrogen (secondary N) is 1. The van der Waals surface area contributed by atoms with E-state index in [2.05, 4.69) is 4.98 Å². The van der Waals surface area contributed by atoms with Crippen molar-refractivity contribution in [2.24, 2.45) is 0 Å². The van der Waals surface area contributed by atoms with Crippen LogP contribution in [-0.2, 0) is 16.0 Å². The van der Waals surface area contributed by atoms with Crippen LogP contribution in [0.3, 0.4) is 0 Å². The quantitative estimate of drug-likeness (QED) is 0.690. The first-order valence-corrected chi connectivity index (χ1v) is 9.43. The number of carbonyl (C=O) groups excluding carboxylic acids is 2. The van der Waals surface area contributed by atoms with Gasteiger partial charge in [0, 0.05) is 30.1 Å². The van der Waals surface area contributed by atoms with Gasteiger partial charge in [-0.15, -0.1) is 0 Å². The zero-order valence-corrected chi connectivity index (χ0v) is 15.7. The number of piperazine rings is 1. The van der Waals surface area contributed by atoms with Gasteiger partial charge in [0.1, 0.15) is 6.02 Å². The van der Waals surface area contributed by atoms with Crippen molar-refractivity contribution in [3.05, 3.63) is 59.3 Å². The topological polar surface area (TPSA) is 74.9 Å². The standard InChI is InChI=1S/C22H19N3O4/c1-24-10-19(26)25-16(22(24)27)9-14-13-4-2-3-5-15(13)23-20(14)21(25)12-6-7-17-18(8-12)29-11-28-17/h2-8,16,21,23H,9-11H2,1H3/t16-,21-/m1/s1/i16D,21D. The number of rotatable bonds is 1. The van der Waals surface area contributed by atoms with Crippen LogP contribution in [0.5, 0.6) is 11.5 Å². The molecule has 0 bridgehead atoms. The Balaban J connectivity index is 1.68. The zero-order chi connectivity index (χ0) is 21.5. The third-order valence-corrected chi connectivity index (χ3v) is 5.75. The summed E-state index contributed by atoms with van der Waals surface area (Å²) < 4.78 is 29.7. The van der Waals surface area contributed by atoms with Gasteiger partial charge in [-0.1, -0.05) is 24.3 Å². The lowest BCUT2D eigenvalue weighted by molar-refractivity contribution is -0.157. The summed E-state index contributed by atoms with van der Waals surface area (Å²) in [7, 11) is 1.52. The lowest BCUT2D eigenvalue weighted by Gasteiger charge is -2.46. The van der Waals surface area contributed by atoms with Gasteiger partial charge in [0.25, 0.3) is 0 Å². The fourth-order valence-corrected chi connectivity index (χ4v) is 4.41. The molecule has 6 rings (SSSR count). The molecule has 1 saturated heterocycles. The number of benzene rings is 2. The first-order valence-electron chi connectivity index (χ1n) is 10.4. The van der Waals surface area contributed by atoms with Gasteiger partial charge in [-0.2, -0.15) is 0 Å². The summed E-state index contributed by atoms with van der Waals surface area (Å²) in [5.41, 5.74) is 2.40. The molecular formula is C22H19N3O4. The van der Waals surface area contributed by atoms with E-state index in [4.69, 9.17) is 9.47 Å². The maximum atomic E-state index is 13.3. The molecule has 7 heteroatoms.